The van der Waals surface area contributed by atoms with Gasteiger partial charge in [0.1, 0.15) is 6.61 Å². The van der Waals surface area contributed by atoms with E-state index >= 15 is 0 Å². The van der Waals surface area contributed by atoms with Crippen LogP contribution in [0.5, 0.6) is 0 Å². The van der Waals surface area contributed by atoms with Gasteiger partial charge in [0.15, 0.2) is 0 Å². The molecule has 20 heavy (non-hydrogen) atoms. The normalized spacial score (nSPS) is 29.1. The van der Waals surface area contributed by atoms with Crippen LogP contribution in [0.1, 0.15) is 31.2 Å². The molecule has 0 aromatic heterocycles. The Balaban J connectivity index is 1.52. The lowest BCUT2D eigenvalue weighted by molar-refractivity contribution is -0.0717. The molecule has 1 aliphatic carbocycles. The van der Waals surface area contributed by atoms with E-state index in [2.05, 4.69) is 0 Å². The van der Waals surface area contributed by atoms with Gasteiger partial charge in [0.2, 0.25) is 0 Å². The summed E-state index contributed by atoms with van der Waals surface area (Å²) in [6.45, 7) is 1.83. The number of rotatable bonds is 2. The second-order valence-corrected chi connectivity index (χ2v) is 6.13. The van der Waals surface area contributed by atoms with E-state index in [0.717, 1.165) is 44.3 Å². The van der Waals surface area contributed by atoms with E-state index in [4.69, 9.17) is 4.74 Å². The first-order valence-electron chi connectivity index (χ1n) is 7.31. The Morgan fingerprint density at radius 1 is 1.35 bits per heavy atom. The third-order valence-electron chi connectivity index (χ3n) is 4.46. The second-order valence-electron chi connectivity index (χ2n) is 6.13. The van der Waals surface area contributed by atoms with Gasteiger partial charge >= 0.3 is 6.09 Å². The minimum Gasteiger partial charge on any atom is -0.445 e. The van der Waals surface area contributed by atoms with Crippen molar-refractivity contribution in [3.63, 3.8) is 0 Å². The minimum absolute atomic E-state index is 0.156. The first kappa shape index (κ1) is 13.4. The molecule has 0 radical (unpaired) electrons. The Labute approximate surface area is 119 Å². The highest BCUT2D eigenvalue weighted by Gasteiger charge is 2.46. The van der Waals surface area contributed by atoms with Gasteiger partial charge in [-0.2, -0.15) is 0 Å². The number of hydrogen-bond donors (Lipinski definition) is 1. The van der Waals surface area contributed by atoms with Crippen LogP contribution in [0.3, 0.4) is 0 Å². The van der Waals surface area contributed by atoms with E-state index in [1.165, 1.54) is 0 Å². The highest BCUT2D eigenvalue weighted by molar-refractivity contribution is 5.67. The lowest BCUT2D eigenvalue weighted by atomic mass is 9.62. The molecule has 2 fully saturated rings. The number of ether oxygens (including phenoxy) is 1. The number of likely N-dealkylation sites (tertiary alicyclic amines) is 1. The molecular weight excluding hydrogens is 254 g/mol. The van der Waals surface area contributed by atoms with E-state index < -0.39 is 0 Å². The first-order valence-corrected chi connectivity index (χ1v) is 7.31. The summed E-state index contributed by atoms with van der Waals surface area (Å²) in [5.74, 6) is 0. The maximum absolute atomic E-state index is 12.1. The molecular formula is C16H21NO3. The molecule has 0 atom stereocenters. The number of hydrogen-bond acceptors (Lipinski definition) is 3. The van der Waals surface area contributed by atoms with Gasteiger partial charge in [0.25, 0.3) is 0 Å². The van der Waals surface area contributed by atoms with Crippen molar-refractivity contribution in [1.29, 1.82) is 0 Å². The molecule has 1 aromatic rings. The molecule has 1 saturated carbocycles. The average Bonchev–Trinajstić information content (AvgIpc) is 2.45. The lowest BCUT2D eigenvalue weighted by Crippen LogP contribution is -2.53. The third-order valence-corrected chi connectivity index (χ3v) is 4.46. The Kier molecular flexibility index (Phi) is 3.66. The lowest BCUT2D eigenvalue weighted by Gasteiger charge is -2.50. The summed E-state index contributed by atoms with van der Waals surface area (Å²) < 4.78 is 5.38. The van der Waals surface area contributed by atoms with E-state index in [-0.39, 0.29) is 17.6 Å². The van der Waals surface area contributed by atoms with Crippen molar-refractivity contribution < 1.29 is 14.6 Å². The third kappa shape index (κ3) is 2.80. The topological polar surface area (TPSA) is 49.8 Å². The van der Waals surface area contributed by atoms with Gasteiger partial charge in [-0.05, 0) is 36.7 Å². The monoisotopic (exact) mass is 275 g/mol. The molecule has 4 heteroatoms. The Morgan fingerprint density at radius 2 is 2.10 bits per heavy atom. The summed E-state index contributed by atoms with van der Waals surface area (Å²) in [7, 11) is 0. The van der Waals surface area contributed by atoms with Crippen LogP contribution in [-0.2, 0) is 11.3 Å². The molecule has 1 aliphatic heterocycles. The molecule has 1 N–H and O–H groups in total. The smallest absolute Gasteiger partial charge is 0.410 e. The van der Waals surface area contributed by atoms with Gasteiger partial charge in [-0.3, -0.25) is 0 Å². The summed E-state index contributed by atoms with van der Waals surface area (Å²) in [6.07, 6.45) is 3.38. The number of carbonyl (C=O) groups is 1. The van der Waals surface area contributed by atoms with Crippen LogP contribution in [-0.4, -0.2) is 35.3 Å². The van der Waals surface area contributed by atoms with Gasteiger partial charge in [-0.1, -0.05) is 30.3 Å². The molecule has 1 aromatic carbocycles. The van der Waals surface area contributed by atoms with Gasteiger partial charge < -0.3 is 14.7 Å². The van der Waals surface area contributed by atoms with Crippen molar-refractivity contribution >= 4 is 6.09 Å². The first-order chi connectivity index (χ1) is 9.67. The molecule has 1 saturated heterocycles. The standard InChI is InChI=1S/C16H21NO3/c18-14-9-16(10-14)7-4-8-17(12-16)15(19)20-11-13-5-2-1-3-6-13/h1-3,5-6,14,18H,4,7-12H2. The van der Waals surface area contributed by atoms with Crippen LogP contribution in [0.4, 0.5) is 4.79 Å². The SMILES string of the molecule is O=C(OCc1ccccc1)N1CCCC2(CC(O)C2)C1. The van der Waals surface area contributed by atoms with Crippen LogP contribution < -0.4 is 0 Å². The van der Waals surface area contributed by atoms with Crippen LogP contribution in [0.15, 0.2) is 30.3 Å². The Bertz CT molecular complexity index is 462. The van der Waals surface area contributed by atoms with Crippen molar-refractivity contribution in [2.24, 2.45) is 5.41 Å². The van der Waals surface area contributed by atoms with Crippen molar-refractivity contribution in [1.82, 2.24) is 4.90 Å². The molecule has 4 nitrogen and oxygen atoms in total. The summed E-state index contributed by atoms with van der Waals surface area (Å²) in [5.41, 5.74) is 1.16. The number of piperidine rings is 1. The number of amides is 1. The molecule has 2 aliphatic rings. The zero-order chi connectivity index (χ0) is 14.0. The van der Waals surface area contributed by atoms with Gasteiger partial charge in [0, 0.05) is 13.1 Å². The summed E-state index contributed by atoms with van der Waals surface area (Å²) in [6, 6.07) is 9.73. The fourth-order valence-electron chi connectivity index (χ4n) is 3.45. The highest BCUT2D eigenvalue weighted by atomic mass is 16.6. The zero-order valence-electron chi connectivity index (χ0n) is 11.6. The Hall–Kier alpha value is -1.55. The van der Waals surface area contributed by atoms with Crippen molar-refractivity contribution in [3.05, 3.63) is 35.9 Å². The maximum atomic E-state index is 12.1. The minimum atomic E-state index is -0.227. The number of nitrogens with zero attached hydrogens (tertiary/aromatic N) is 1. The quantitative estimate of drug-likeness (QED) is 0.902. The number of aliphatic hydroxyl groups is 1. The molecule has 0 bridgehead atoms. The molecule has 0 unspecified atom stereocenters. The van der Waals surface area contributed by atoms with Crippen LogP contribution in [0.25, 0.3) is 0 Å². The van der Waals surface area contributed by atoms with E-state index in [1.807, 2.05) is 30.3 Å². The summed E-state index contributed by atoms with van der Waals surface area (Å²) in [5, 5.41) is 9.51. The van der Waals surface area contributed by atoms with E-state index in [0.29, 0.717) is 6.61 Å². The molecule has 1 amide bonds. The molecule has 108 valence electrons. The second kappa shape index (κ2) is 5.44. The average molecular weight is 275 g/mol. The van der Waals surface area contributed by atoms with E-state index in [9.17, 15) is 9.90 Å². The summed E-state index contributed by atoms with van der Waals surface area (Å²) in [4.78, 5) is 13.9. The van der Waals surface area contributed by atoms with E-state index in [1.54, 1.807) is 4.90 Å². The highest BCUT2D eigenvalue weighted by Crippen LogP contribution is 2.47. The fourth-order valence-corrected chi connectivity index (χ4v) is 3.45. The van der Waals surface area contributed by atoms with Gasteiger partial charge in [-0.25, -0.2) is 4.79 Å². The molecule has 3 rings (SSSR count). The van der Waals surface area contributed by atoms with Crippen LogP contribution >= 0.6 is 0 Å². The number of benzene rings is 1. The van der Waals surface area contributed by atoms with Crippen molar-refractivity contribution in [3.8, 4) is 0 Å². The largest absolute Gasteiger partial charge is 0.445 e. The summed E-state index contributed by atoms with van der Waals surface area (Å²) >= 11 is 0. The number of carbonyl (C=O) groups excluding carboxylic acids is 1. The Morgan fingerprint density at radius 3 is 2.80 bits per heavy atom. The van der Waals surface area contributed by atoms with Gasteiger partial charge in [0.05, 0.1) is 6.10 Å². The molecule has 1 heterocycles. The maximum Gasteiger partial charge on any atom is 0.410 e. The molecule has 1 spiro atoms. The predicted octanol–water partition coefficient (Wildman–Crippen LogP) is 2.56. The van der Waals surface area contributed by atoms with Crippen LogP contribution in [0, 0.1) is 5.41 Å². The van der Waals surface area contributed by atoms with Crippen LogP contribution in [0.2, 0.25) is 0 Å². The van der Waals surface area contributed by atoms with Crippen molar-refractivity contribution in [2.45, 2.75) is 38.4 Å². The number of aliphatic hydroxyl groups excluding tert-OH is 1. The predicted molar refractivity (Wildman–Crippen MR) is 75.1 cm³/mol. The van der Waals surface area contributed by atoms with Gasteiger partial charge in [-0.15, -0.1) is 0 Å². The zero-order valence-corrected chi connectivity index (χ0v) is 11.6. The van der Waals surface area contributed by atoms with Crippen molar-refractivity contribution in [2.75, 3.05) is 13.1 Å². The fraction of sp³-hybridized carbons (Fsp3) is 0.562.